The van der Waals surface area contributed by atoms with Crippen LogP contribution in [0.1, 0.15) is 341 Å². The van der Waals surface area contributed by atoms with Crippen LogP contribution in [0, 0.1) is 0 Å². The van der Waals surface area contributed by atoms with Crippen LogP contribution in [0.2, 0.25) is 0 Å². The lowest BCUT2D eigenvalue weighted by Gasteiger charge is -2.19. The van der Waals surface area contributed by atoms with Crippen molar-refractivity contribution in [1.29, 1.82) is 0 Å². The smallest absolute Gasteiger partial charge is 0.462 e. The second-order valence-corrected chi connectivity index (χ2v) is 25.5. The second-order valence-electron chi connectivity index (χ2n) is 24.1. The first kappa shape index (κ1) is 82.9. The van der Waals surface area contributed by atoms with E-state index in [2.05, 4.69) is 111 Å². The average Bonchev–Trinajstić information content (AvgIpc) is 3.55. The molecule has 0 amide bonds. The lowest BCUT2D eigenvalue weighted by atomic mass is 10.0. The third-order valence-corrected chi connectivity index (χ3v) is 16.7. The molecule has 86 heavy (non-hydrogen) atoms. The van der Waals surface area contributed by atoms with Gasteiger partial charge in [0.1, 0.15) is 6.61 Å². The van der Waals surface area contributed by atoms with E-state index in [0.717, 1.165) is 89.9 Å². The van der Waals surface area contributed by atoms with Crippen LogP contribution in [0.25, 0.3) is 0 Å². The molecule has 3 N–H and O–H groups in total. The van der Waals surface area contributed by atoms with E-state index in [1.165, 1.54) is 218 Å². The summed E-state index contributed by atoms with van der Waals surface area (Å²) in [4.78, 5) is 35.4. The van der Waals surface area contributed by atoms with Crippen LogP contribution in [0.15, 0.2) is 97.2 Å². The van der Waals surface area contributed by atoms with E-state index in [1.807, 2.05) is 0 Å². The quantitative estimate of drug-likeness (QED) is 0.0264. The number of nitrogens with two attached hydrogens (primary N) is 1. The molecular formula is C76H136NO8P. The van der Waals surface area contributed by atoms with Gasteiger partial charge in [-0.3, -0.25) is 18.6 Å². The van der Waals surface area contributed by atoms with Gasteiger partial charge in [0, 0.05) is 19.4 Å². The Morgan fingerprint density at radius 3 is 0.953 bits per heavy atom. The first-order valence-electron chi connectivity index (χ1n) is 36.2. The van der Waals surface area contributed by atoms with Crippen molar-refractivity contribution in [3.8, 4) is 0 Å². The lowest BCUT2D eigenvalue weighted by molar-refractivity contribution is -0.161. The zero-order chi connectivity index (χ0) is 62.3. The Balaban J connectivity index is 3.86. The highest BCUT2D eigenvalue weighted by molar-refractivity contribution is 7.47. The van der Waals surface area contributed by atoms with Crippen LogP contribution in [-0.4, -0.2) is 49.3 Å². The molecule has 0 aromatic rings. The number of phosphoric ester groups is 1. The summed E-state index contributed by atoms with van der Waals surface area (Å²) in [6.45, 7) is 3.68. The summed E-state index contributed by atoms with van der Waals surface area (Å²) < 4.78 is 33.2. The molecule has 2 unspecified atom stereocenters. The van der Waals surface area contributed by atoms with Gasteiger partial charge >= 0.3 is 19.8 Å². The van der Waals surface area contributed by atoms with E-state index in [0.29, 0.717) is 6.42 Å². The van der Waals surface area contributed by atoms with Gasteiger partial charge < -0.3 is 20.1 Å². The maximum Gasteiger partial charge on any atom is 0.472 e. The van der Waals surface area contributed by atoms with Crippen LogP contribution in [0.3, 0.4) is 0 Å². The molecule has 0 radical (unpaired) electrons. The fraction of sp³-hybridized carbons (Fsp3) is 0.763. The maximum absolute atomic E-state index is 12.8. The number of unbranched alkanes of at least 4 members (excludes halogenated alkanes) is 39. The van der Waals surface area contributed by atoms with Crippen molar-refractivity contribution in [2.45, 2.75) is 347 Å². The summed E-state index contributed by atoms with van der Waals surface area (Å²) in [7, 11) is -4.40. The molecule has 0 aromatic carbocycles. The predicted molar refractivity (Wildman–Crippen MR) is 372 cm³/mol. The molecule has 0 spiro atoms. The number of phosphoric acid groups is 1. The minimum Gasteiger partial charge on any atom is -0.462 e. The number of hydrogen-bond acceptors (Lipinski definition) is 8. The zero-order valence-electron chi connectivity index (χ0n) is 56.0. The van der Waals surface area contributed by atoms with Gasteiger partial charge in [0.2, 0.25) is 0 Å². The van der Waals surface area contributed by atoms with Gasteiger partial charge in [0.05, 0.1) is 13.2 Å². The molecule has 0 bridgehead atoms. The summed E-state index contributed by atoms with van der Waals surface area (Å²) >= 11 is 0. The Morgan fingerprint density at radius 2 is 0.640 bits per heavy atom. The van der Waals surface area contributed by atoms with E-state index in [9.17, 15) is 19.0 Å². The minimum absolute atomic E-state index is 0.0524. The van der Waals surface area contributed by atoms with E-state index < -0.39 is 26.5 Å². The molecule has 0 saturated carbocycles. The predicted octanol–water partition coefficient (Wildman–Crippen LogP) is 23.9. The summed E-state index contributed by atoms with van der Waals surface area (Å²) in [5.41, 5.74) is 5.41. The van der Waals surface area contributed by atoms with Crippen molar-refractivity contribution >= 4 is 19.8 Å². The molecule has 0 aliphatic heterocycles. The molecule has 0 saturated heterocycles. The molecule has 0 heterocycles. The molecule has 0 fully saturated rings. The number of hydrogen-bond donors (Lipinski definition) is 2. The van der Waals surface area contributed by atoms with Gasteiger partial charge in [-0.25, -0.2) is 4.57 Å². The van der Waals surface area contributed by atoms with Crippen LogP contribution in [0.4, 0.5) is 0 Å². The molecule has 498 valence electrons. The Morgan fingerprint density at radius 1 is 0.360 bits per heavy atom. The van der Waals surface area contributed by atoms with E-state index in [-0.39, 0.29) is 38.6 Å². The van der Waals surface area contributed by atoms with Crippen LogP contribution in [0.5, 0.6) is 0 Å². The standard InChI is InChI=1S/C76H136NO8P/c1-3-5-7-9-11-13-15-17-19-21-23-25-27-29-31-32-33-34-35-36-37-38-39-40-41-42-43-45-47-49-51-53-55-57-59-61-63-65-67-69-76(79)85-74(73-84-86(80,81)83-71-70-77)72-82-75(78)68-66-64-62-60-58-56-54-52-50-48-46-44-30-28-26-24-22-20-18-16-14-12-10-8-6-4-2/h5,7,11,13,17,19,23,25,29,31,33-34,36-37,39-40,74H,3-4,6,8-10,12,14-16,18,20-22,24,26-28,30,32,35,38,41-73,77H2,1-2H3,(H,80,81)/b7-5-,13-11-,19-17-,25-23-,31-29-,34-33-,37-36-,40-39-. The first-order valence-corrected chi connectivity index (χ1v) is 37.7. The fourth-order valence-electron chi connectivity index (χ4n) is 10.4. The normalized spacial score (nSPS) is 13.5. The van der Waals surface area contributed by atoms with Gasteiger partial charge in [-0.15, -0.1) is 0 Å². The van der Waals surface area contributed by atoms with Crippen molar-refractivity contribution in [2.24, 2.45) is 5.73 Å². The van der Waals surface area contributed by atoms with Crippen molar-refractivity contribution in [1.82, 2.24) is 0 Å². The number of rotatable bonds is 68. The third-order valence-electron chi connectivity index (χ3n) is 15.7. The van der Waals surface area contributed by atoms with Crippen molar-refractivity contribution in [3.63, 3.8) is 0 Å². The monoisotopic (exact) mass is 1220 g/mol. The Bertz CT molecular complexity index is 1730. The van der Waals surface area contributed by atoms with Crippen molar-refractivity contribution in [2.75, 3.05) is 26.4 Å². The highest BCUT2D eigenvalue weighted by Crippen LogP contribution is 2.43. The molecule has 2 atom stereocenters. The molecule has 0 rings (SSSR count). The summed E-state index contributed by atoms with van der Waals surface area (Å²) in [6.07, 6.45) is 96.5. The number of carbonyl (C=O) groups excluding carboxylic acids is 2. The largest absolute Gasteiger partial charge is 0.472 e. The Labute approximate surface area is 531 Å². The summed E-state index contributed by atoms with van der Waals surface area (Å²) in [5, 5.41) is 0. The van der Waals surface area contributed by atoms with Crippen LogP contribution in [-0.2, 0) is 32.7 Å². The second kappa shape index (κ2) is 71.0. The summed E-state index contributed by atoms with van der Waals surface area (Å²) in [5.74, 6) is -0.814. The van der Waals surface area contributed by atoms with Gasteiger partial charge in [0.15, 0.2) is 6.10 Å². The average molecular weight is 1220 g/mol. The topological polar surface area (TPSA) is 134 Å². The van der Waals surface area contributed by atoms with Gasteiger partial charge in [-0.05, 0) is 77.0 Å². The number of ether oxygens (including phenoxy) is 2. The van der Waals surface area contributed by atoms with E-state index in [4.69, 9.17) is 24.3 Å². The summed E-state index contributed by atoms with van der Waals surface area (Å²) in [6, 6.07) is 0. The molecule has 9 nitrogen and oxygen atoms in total. The van der Waals surface area contributed by atoms with Crippen LogP contribution < -0.4 is 5.73 Å². The van der Waals surface area contributed by atoms with Crippen molar-refractivity contribution in [3.05, 3.63) is 97.2 Å². The van der Waals surface area contributed by atoms with Crippen LogP contribution >= 0.6 is 7.82 Å². The number of esters is 2. The van der Waals surface area contributed by atoms with Gasteiger partial charge in [-0.2, -0.15) is 0 Å². The first-order chi connectivity index (χ1) is 42.3. The van der Waals surface area contributed by atoms with Crippen molar-refractivity contribution < 1.29 is 37.6 Å². The third kappa shape index (κ3) is 70.0. The van der Waals surface area contributed by atoms with E-state index in [1.54, 1.807) is 0 Å². The van der Waals surface area contributed by atoms with Gasteiger partial charge in [0.25, 0.3) is 0 Å². The number of allylic oxidation sites excluding steroid dienone is 16. The van der Waals surface area contributed by atoms with Gasteiger partial charge in [-0.1, -0.05) is 349 Å². The zero-order valence-corrected chi connectivity index (χ0v) is 56.9. The molecular weight excluding hydrogens is 1090 g/mol. The lowest BCUT2D eigenvalue weighted by Crippen LogP contribution is -2.29. The Hall–Kier alpha value is -3.07. The number of carbonyl (C=O) groups is 2. The minimum atomic E-state index is -4.40. The highest BCUT2D eigenvalue weighted by Gasteiger charge is 2.26. The fourth-order valence-corrected chi connectivity index (χ4v) is 11.2. The maximum atomic E-state index is 12.8. The molecule has 10 heteroatoms. The highest BCUT2D eigenvalue weighted by atomic mass is 31.2. The molecule has 0 aliphatic carbocycles. The molecule has 0 aromatic heterocycles. The SMILES string of the molecule is CC/C=C\C/C=C\C/C=C\C/C=C\C/C=C\C/C=C\C/C=C\C/C=C\CCCCCCCCCCCCCCCCC(=O)OC(COC(=O)CCCCCCCCCCCCCCCCCCCCCCCCCCCC)COP(=O)(O)OCCN. The Kier molecular flexibility index (Phi) is 68.5. The van der Waals surface area contributed by atoms with E-state index >= 15 is 0 Å². The molecule has 0 aliphatic rings.